The van der Waals surface area contributed by atoms with Crippen LogP contribution in [0.15, 0.2) is 44.9 Å². The Hall–Kier alpha value is -1.99. The first-order valence-corrected chi connectivity index (χ1v) is 7.47. The number of thiazole rings is 1. The van der Waals surface area contributed by atoms with E-state index in [1.807, 2.05) is 29.6 Å². The second kappa shape index (κ2) is 4.53. The third kappa shape index (κ3) is 1.95. The zero-order valence-electron chi connectivity index (χ0n) is 10.0. The lowest BCUT2D eigenvalue weighted by atomic mass is 10.2. The smallest absolute Gasteiger partial charge is 0.184 e. The fourth-order valence-electron chi connectivity index (χ4n) is 1.94. The van der Waals surface area contributed by atoms with Gasteiger partial charge in [0.25, 0.3) is 0 Å². The highest BCUT2D eigenvalue weighted by atomic mass is 79.9. The first-order chi connectivity index (χ1) is 9.79. The van der Waals surface area contributed by atoms with E-state index >= 15 is 0 Å². The van der Waals surface area contributed by atoms with Gasteiger partial charge >= 0.3 is 0 Å². The highest BCUT2D eigenvalue weighted by molar-refractivity contribution is 9.10. The van der Waals surface area contributed by atoms with Crippen LogP contribution >= 0.6 is 27.3 Å². The minimum absolute atomic E-state index is 0.667. The Morgan fingerprint density at radius 1 is 1.25 bits per heavy atom. The molecule has 0 aliphatic carbocycles. The number of halogens is 1. The molecule has 1 aromatic carbocycles. The molecule has 0 bridgehead atoms. The van der Waals surface area contributed by atoms with E-state index in [-0.39, 0.29) is 0 Å². The van der Waals surface area contributed by atoms with Gasteiger partial charge in [-0.25, -0.2) is 9.97 Å². The summed E-state index contributed by atoms with van der Waals surface area (Å²) in [7, 11) is 0. The lowest BCUT2D eigenvalue weighted by Gasteiger charge is -1.89. The zero-order chi connectivity index (χ0) is 13.5. The van der Waals surface area contributed by atoms with Crippen LogP contribution in [0, 0.1) is 0 Å². The van der Waals surface area contributed by atoms with Crippen LogP contribution in [-0.4, -0.2) is 20.2 Å². The van der Waals surface area contributed by atoms with E-state index in [1.165, 1.54) is 17.7 Å². The number of hydrogen-bond donors (Lipinski definition) is 1. The average Bonchev–Trinajstić information content (AvgIpc) is 3.17. The predicted octanol–water partition coefficient (Wildman–Crippen LogP) is 4.10. The number of nitrogens with zero attached hydrogens (tertiary/aromatic N) is 3. The first kappa shape index (κ1) is 11.8. The molecule has 98 valence electrons. The molecule has 0 spiro atoms. The van der Waals surface area contributed by atoms with E-state index in [1.54, 1.807) is 0 Å². The highest BCUT2D eigenvalue weighted by Crippen LogP contribution is 2.32. The van der Waals surface area contributed by atoms with Gasteiger partial charge in [0.1, 0.15) is 17.6 Å². The van der Waals surface area contributed by atoms with Gasteiger partial charge in [-0.2, -0.15) is 5.10 Å². The van der Waals surface area contributed by atoms with E-state index in [9.17, 15) is 0 Å². The molecule has 4 rings (SSSR count). The normalized spacial score (nSPS) is 11.2. The molecule has 0 fully saturated rings. The van der Waals surface area contributed by atoms with Crippen LogP contribution in [0.4, 0.5) is 0 Å². The molecular formula is C13H7BrN4OS. The van der Waals surface area contributed by atoms with Crippen LogP contribution in [0.25, 0.3) is 33.3 Å². The molecule has 0 saturated heterocycles. The standard InChI is InChI=1S/C13H7BrN4OS/c14-8-1-2-10-7(3-8)4-11(19-10)9-5-20-13(17-9)12-15-6-16-18-12/h1-6H,(H,15,16,18). The van der Waals surface area contributed by atoms with Gasteiger partial charge in [0.2, 0.25) is 0 Å². The molecule has 0 atom stereocenters. The van der Waals surface area contributed by atoms with Crippen molar-refractivity contribution in [3.8, 4) is 22.3 Å². The summed E-state index contributed by atoms with van der Waals surface area (Å²) in [6.07, 6.45) is 1.47. The van der Waals surface area contributed by atoms with Gasteiger partial charge in [0.15, 0.2) is 16.6 Å². The third-order valence-electron chi connectivity index (χ3n) is 2.85. The number of hydrogen-bond acceptors (Lipinski definition) is 5. The number of aromatic amines is 1. The second-order valence-electron chi connectivity index (χ2n) is 4.16. The molecule has 1 N–H and O–H groups in total. The van der Waals surface area contributed by atoms with Crippen molar-refractivity contribution in [1.82, 2.24) is 20.2 Å². The maximum atomic E-state index is 5.82. The minimum atomic E-state index is 0.667. The van der Waals surface area contributed by atoms with Crippen LogP contribution in [0.1, 0.15) is 0 Å². The van der Waals surface area contributed by atoms with E-state index in [0.717, 1.165) is 31.9 Å². The summed E-state index contributed by atoms with van der Waals surface area (Å²) in [5.74, 6) is 1.42. The van der Waals surface area contributed by atoms with Gasteiger partial charge in [-0.15, -0.1) is 11.3 Å². The first-order valence-electron chi connectivity index (χ1n) is 5.80. The van der Waals surface area contributed by atoms with E-state index < -0.39 is 0 Å². The van der Waals surface area contributed by atoms with E-state index in [4.69, 9.17) is 4.42 Å². The minimum Gasteiger partial charge on any atom is -0.454 e. The number of fused-ring (bicyclic) bond motifs is 1. The summed E-state index contributed by atoms with van der Waals surface area (Å²) < 4.78 is 6.84. The van der Waals surface area contributed by atoms with Gasteiger partial charge in [-0.1, -0.05) is 15.9 Å². The molecule has 0 aliphatic rings. The van der Waals surface area contributed by atoms with Crippen LogP contribution in [0.3, 0.4) is 0 Å². The summed E-state index contributed by atoms with van der Waals surface area (Å²) in [5, 5.41) is 10.4. The quantitative estimate of drug-likeness (QED) is 0.593. The molecule has 0 aliphatic heterocycles. The molecule has 4 aromatic rings. The fraction of sp³-hybridized carbons (Fsp3) is 0. The second-order valence-corrected chi connectivity index (χ2v) is 5.94. The van der Waals surface area contributed by atoms with Crippen LogP contribution < -0.4 is 0 Å². The van der Waals surface area contributed by atoms with Crippen molar-refractivity contribution in [1.29, 1.82) is 0 Å². The van der Waals surface area contributed by atoms with Gasteiger partial charge in [0, 0.05) is 15.2 Å². The molecule has 0 unspecified atom stereocenters. The van der Waals surface area contributed by atoms with Gasteiger partial charge in [-0.05, 0) is 24.3 Å². The lowest BCUT2D eigenvalue weighted by molar-refractivity contribution is 0.629. The summed E-state index contributed by atoms with van der Waals surface area (Å²) in [4.78, 5) is 8.61. The Morgan fingerprint density at radius 3 is 3.05 bits per heavy atom. The van der Waals surface area contributed by atoms with Crippen LogP contribution in [-0.2, 0) is 0 Å². The van der Waals surface area contributed by atoms with Crippen molar-refractivity contribution in [2.45, 2.75) is 0 Å². The summed E-state index contributed by atoms with van der Waals surface area (Å²) in [6.45, 7) is 0. The van der Waals surface area contributed by atoms with E-state index in [0.29, 0.717) is 5.82 Å². The average molecular weight is 347 g/mol. The van der Waals surface area contributed by atoms with Crippen molar-refractivity contribution in [2.75, 3.05) is 0 Å². The van der Waals surface area contributed by atoms with Crippen LogP contribution in [0.2, 0.25) is 0 Å². The maximum Gasteiger partial charge on any atom is 0.184 e. The highest BCUT2D eigenvalue weighted by Gasteiger charge is 2.12. The number of benzene rings is 1. The number of H-pyrrole nitrogens is 1. The summed E-state index contributed by atoms with van der Waals surface area (Å²) in [5.41, 5.74) is 1.64. The molecular weight excluding hydrogens is 340 g/mol. The Kier molecular flexibility index (Phi) is 2.68. The Labute approximate surface area is 125 Å². The summed E-state index contributed by atoms with van der Waals surface area (Å²) >= 11 is 4.95. The molecule has 5 nitrogen and oxygen atoms in total. The molecule has 3 heterocycles. The Morgan fingerprint density at radius 2 is 2.20 bits per heavy atom. The lowest BCUT2D eigenvalue weighted by Crippen LogP contribution is -1.79. The topological polar surface area (TPSA) is 67.6 Å². The summed E-state index contributed by atoms with van der Waals surface area (Å²) in [6, 6.07) is 7.90. The molecule has 20 heavy (non-hydrogen) atoms. The van der Waals surface area contributed by atoms with Crippen molar-refractivity contribution in [3.63, 3.8) is 0 Å². The van der Waals surface area contributed by atoms with Gasteiger partial charge < -0.3 is 4.42 Å². The number of aromatic nitrogens is 4. The fourth-order valence-corrected chi connectivity index (χ4v) is 3.08. The molecule has 0 radical (unpaired) electrons. The SMILES string of the molecule is Brc1ccc2oc(-c3csc(-c4ncn[nH]4)n3)cc2c1. The monoisotopic (exact) mass is 346 g/mol. The predicted molar refractivity (Wildman–Crippen MR) is 80.4 cm³/mol. The molecule has 7 heteroatoms. The van der Waals surface area contributed by atoms with E-state index in [2.05, 4.69) is 36.1 Å². The zero-order valence-corrected chi connectivity index (χ0v) is 12.4. The van der Waals surface area contributed by atoms with Gasteiger partial charge in [-0.3, -0.25) is 5.10 Å². The Bertz CT molecular complexity index is 881. The molecule has 0 amide bonds. The number of nitrogens with one attached hydrogen (secondary N) is 1. The van der Waals surface area contributed by atoms with Crippen molar-refractivity contribution < 1.29 is 4.42 Å². The number of furan rings is 1. The Balaban J connectivity index is 1.79. The van der Waals surface area contributed by atoms with Gasteiger partial charge in [0.05, 0.1) is 0 Å². The maximum absolute atomic E-state index is 5.82. The van der Waals surface area contributed by atoms with Crippen LogP contribution in [0.5, 0.6) is 0 Å². The number of rotatable bonds is 2. The van der Waals surface area contributed by atoms with Crippen molar-refractivity contribution >= 4 is 38.2 Å². The molecule has 0 saturated carbocycles. The molecule has 3 aromatic heterocycles. The van der Waals surface area contributed by atoms with Crippen molar-refractivity contribution in [3.05, 3.63) is 40.4 Å². The largest absolute Gasteiger partial charge is 0.454 e. The third-order valence-corrected chi connectivity index (χ3v) is 4.19. The van der Waals surface area contributed by atoms with Crippen molar-refractivity contribution in [2.24, 2.45) is 0 Å².